The van der Waals surface area contributed by atoms with E-state index in [9.17, 15) is 0 Å². The largest absolute Gasteiger partial charge is 0.399 e. The zero-order valence-corrected chi connectivity index (χ0v) is 12.5. The van der Waals surface area contributed by atoms with Gasteiger partial charge in [-0.3, -0.25) is 0 Å². The number of hydrogen-bond acceptors (Lipinski definition) is 2. The van der Waals surface area contributed by atoms with Crippen LogP contribution in [0.1, 0.15) is 39.0 Å². The molecule has 2 unspecified atom stereocenters. The predicted molar refractivity (Wildman–Crippen MR) is 83.2 cm³/mol. The van der Waals surface area contributed by atoms with Gasteiger partial charge in [-0.2, -0.15) is 0 Å². The van der Waals surface area contributed by atoms with Crippen LogP contribution in [0, 0.1) is 9.49 Å². The van der Waals surface area contributed by atoms with E-state index in [0.29, 0.717) is 6.04 Å². The van der Waals surface area contributed by atoms with Gasteiger partial charge in [-0.1, -0.05) is 26.2 Å². The minimum absolute atomic E-state index is 0.644. The standard InChI is InChI=1S/C14H21IN2/c1-2-10-4-3-5-12(8-10)17-14-7-6-11(16)9-13(14)15/h6-7,9-10,12,17H,2-5,8,16H2,1H3. The maximum absolute atomic E-state index is 5.77. The maximum atomic E-state index is 5.77. The molecule has 2 atom stereocenters. The molecule has 94 valence electrons. The van der Waals surface area contributed by atoms with Crippen LogP contribution in [0.15, 0.2) is 18.2 Å². The molecule has 1 aliphatic carbocycles. The Morgan fingerprint density at radius 1 is 1.41 bits per heavy atom. The Morgan fingerprint density at radius 2 is 2.24 bits per heavy atom. The van der Waals surface area contributed by atoms with Crippen molar-refractivity contribution in [3.63, 3.8) is 0 Å². The third-order valence-electron chi connectivity index (χ3n) is 3.71. The molecule has 3 heteroatoms. The van der Waals surface area contributed by atoms with Crippen LogP contribution in [-0.2, 0) is 0 Å². The summed E-state index contributed by atoms with van der Waals surface area (Å²) < 4.78 is 1.22. The second-order valence-corrected chi connectivity index (χ2v) is 6.18. The number of halogens is 1. The summed E-state index contributed by atoms with van der Waals surface area (Å²) >= 11 is 2.35. The van der Waals surface area contributed by atoms with E-state index >= 15 is 0 Å². The van der Waals surface area contributed by atoms with Gasteiger partial charge in [0.15, 0.2) is 0 Å². The van der Waals surface area contributed by atoms with Crippen molar-refractivity contribution < 1.29 is 0 Å². The molecule has 0 heterocycles. The van der Waals surface area contributed by atoms with E-state index in [1.54, 1.807) is 0 Å². The van der Waals surface area contributed by atoms with E-state index in [1.807, 2.05) is 12.1 Å². The number of nitrogens with two attached hydrogens (primary N) is 1. The van der Waals surface area contributed by atoms with Crippen LogP contribution in [0.2, 0.25) is 0 Å². The molecular weight excluding hydrogens is 323 g/mol. The topological polar surface area (TPSA) is 38.0 Å². The van der Waals surface area contributed by atoms with Gasteiger partial charge in [-0.15, -0.1) is 0 Å². The Hall–Kier alpha value is -0.450. The van der Waals surface area contributed by atoms with E-state index in [0.717, 1.165) is 11.6 Å². The average Bonchev–Trinajstić information content (AvgIpc) is 2.33. The molecule has 3 N–H and O–H groups in total. The van der Waals surface area contributed by atoms with Crippen molar-refractivity contribution in [3.8, 4) is 0 Å². The maximum Gasteiger partial charge on any atom is 0.0479 e. The summed E-state index contributed by atoms with van der Waals surface area (Å²) in [6.07, 6.45) is 6.71. The van der Waals surface area contributed by atoms with Crippen LogP contribution < -0.4 is 11.1 Å². The summed E-state index contributed by atoms with van der Waals surface area (Å²) in [5.74, 6) is 0.910. The summed E-state index contributed by atoms with van der Waals surface area (Å²) in [6.45, 7) is 2.31. The van der Waals surface area contributed by atoms with Gasteiger partial charge in [0.2, 0.25) is 0 Å². The summed E-state index contributed by atoms with van der Waals surface area (Å²) in [6, 6.07) is 6.76. The fourth-order valence-corrected chi connectivity index (χ4v) is 3.36. The molecule has 2 nitrogen and oxygen atoms in total. The van der Waals surface area contributed by atoms with Gasteiger partial charge < -0.3 is 11.1 Å². The van der Waals surface area contributed by atoms with Crippen molar-refractivity contribution >= 4 is 34.0 Å². The van der Waals surface area contributed by atoms with Crippen LogP contribution in [0.5, 0.6) is 0 Å². The molecule has 1 saturated carbocycles. The highest BCUT2D eigenvalue weighted by atomic mass is 127. The molecule has 2 rings (SSSR count). The van der Waals surface area contributed by atoms with Crippen molar-refractivity contribution in [2.45, 2.75) is 45.1 Å². The van der Waals surface area contributed by atoms with Gasteiger partial charge in [0.1, 0.15) is 0 Å². The average molecular weight is 344 g/mol. The number of hydrogen-bond donors (Lipinski definition) is 2. The first-order valence-electron chi connectivity index (χ1n) is 6.50. The lowest BCUT2D eigenvalue weighted by molar-refractivity contribution is 0.327. The van der Waals surface area contributed by atoms with Crippen molar-refractivity contribution in [2.24, 2.45) is 5.92 Å². The van der Waals surface area contributed by atoms with Gasteiger partial charge in [0.25, 0.3) is 0 Å². The molecule has 0 aliphatic heterocycles. The van der Waals surface area contributed by atoms with Crippen molar-refractivity contribution in [1.29, 1.82) is 0 Å². The van der Waals surface area contributed by atoms with E-state index in [-0.39, 0.29) is 0 Å². The Kier molecular flexibility index (Phi) is 4.54. The Bertz CT molecular complexity index is 378. The SMILES string of the molecule is CCC1CCCC(Nc2ccc(N)cc2I)C1. The molecule has 1 aromatic carbocycles. The highest BCUT2D eigenvalue weighted by molar-refractivity contribution is 14.1. The Morgan fingerprint density at radius 3 is 2.94 bits per heavy atom. The number of anilines is 2. The number of nitrogens with one attached hydrogen (secondary N) is 1. The fourth-order valence-electron chi connectivity index (χ4n) is 2.66. The minimum atomic E-state index is 0.644. The zero-order chi connectivity index (χ0) is 12.3. The lowest BCUT2D eigenvalue weighted by Gasteiger charge is -2.30. The molecular formula is C14H21IN2. The highest BCUT2D eigenvalue weighted by Crippen LogP contribution is 2.30. The van der Waals surface area contributed by atoms with E-state index in [4.69, 9.17) is 5.73 Å². The Balaban J connectivity index is 2.00. The lowest BCUT2D eigenvalue weighted by atomic mass is 9.84. The first kappa shape index (κ1) is 13.0. The predicted octanol–water partition coefficient (Wildman–Crippen LogP) is 4.25. The van der Waals surface area contributed by atoms with Gasteiger partial charge >= 0.3 is 0 Å². The lowest BCUT2D eigenvalue weighted by Crippen LogP contribution is -2.27. The molecule has 0 spiro atoms. The van der Waals surface area contributed by atoms with E-state index in [2.05, 4.69) is 40.9 Å². The summed E-state index contributed by atoms with van der Waals surface area (Å²) in [7, 11) is 0. The van der Waals surface area contributed by atoms with Crippen molar-refractivity contribution in [3.05, 3.63) is 21.8 Å². The van der Waals surface area contributed by atoms with E-state index < -0.39 is 0 Å². The van der Waals surface area contributed by atoms with Crippen LogP contribution in [0.3, 0.4) is 0 Å². The normalized spacial score (nSPS) is 24.6. The number of nitrogen functional groups attached to an aromatic ring is 1. The van der Waals surface area contributed by atoms with Crippen LogP contribution in [-0.4, -0.2) is 6.04 Å². The van der Waals surface area contributed by atoms with Gasteiger partial charge in [0.05, 0.1) is 0 Å². The molecule has 0 radical (unpaired) electrons. The molecule has 17 heavy (non-hydrogen) atoms. The van der Waals surface area contributed by atoms with Crippen LogP contribution in [0.25, 0.3) is 0 Å². The second-order valence-electron chi connectivity index (χ2n) is 5.02. The molecule has 0 amide bonds. The molecule has 1 fully saturated rings. The number of benzene rings is 1. The van der Waals surface area contributed by atoms with E-state index in [1.165, 1.54) is 41.4 Å². The third-order valence-corrected chi connectivity index (χ3v) is 4.61. The fraction of sp³-hybridized carbons (Fsp3) is 0.571. The second kappa shape index (κ2) is 5.94. The van der Waals surface area contributed by atoms with Gasteiger partial charge in [-0.25, -0.2) is 0 Å². The molecule has 0 saturated heterocycles. The van der Waals surface area contributed by atoms with Crippen LogP contribution in [0.4, 0.5) is 11.4 Å². The summed E-state index contributed by atoms with van der Waals surface area (Å²) in [5, 5.41) is 3.68. The highest BCUT2D eigenvalue weighted by Gasteiger charge is 2.20. The zero-order valence-electron chi connectivity index (χ0n) is 10.4. The number of rotatable bonds is 3. The first-order valence-corrected chi connectivity index (χ1v) is 7.58. The smallest absolute Gasteiger partial charge is 0.0479 e. The molecule has 1 aliphatic rings. The Labute approximate surface area is 117 Å². The molecule has 0 aromatic heterocycles. The third kappa shape index (κ3) is 3.50. The quantitative estimate of drug-likeness (QED) is 0.635. The van der Waals surface area contributed by atoms with Crippen molar-refractivity contribution in [2.75, 3.05) is 11.1 Å². The summed E-state index contributed by atoms with van der Waals surface area (Å²) in [5.41, 5.74) is 7.85. The minimum Gasteiger partial charge on any atom is -0.399 e. The van der Waals surface area contributed by atoms with Crippen LogP contribution >= 0.6 is 22.6 Å². The molecule has 0 bridgehead atoms. The van der Waals surface area contributed by atoms with Gasteiger partial charge in [-0.05, 0) is 59.5 Å². The van der Waals surface area contributed by atoms with Gasteiger partial charge in [0, 0.05) is 21.0 Å². The summed E-state index contributed by atoms with van der Waals surface area (Å²) in [4.78, 5) is 0. The first-order chi connectivity index (χ1) is 8.19. The monoisotopic (exact) mass is 344 g/mol. The van der Waals surface area contributed by atoms with Crippen molar-refractivity contribution in [1.82, 2.24) is 0 Å². The molecule has 1 aromatic rings.